The van der Waals surface area contributed by atoms with E-state index in [1.54, 1.807) is 15.8 Å². The lowest BCUT2D eigenvalue weighted by atomic mass is 10.3. The van der Waals surface area contributed by atoms with Crippen molar-refractivity contribution in [2.75, 3.05) is 13.1 Å². The van der Waals surface area contributed by atoms with Crippen LogP contribution in [0.2, 0.25) is 5.02 Å². The monoisotopic (exact) mass is 199 g/mol. The molecule has 1 aromatic heterocycles. The van der Waals surface area contributed by atoms with Gasteiger partial charge in [-0.15, -0.1) is 0 Å². The van der Waals surface area contributed by atoms with Crippen LogP contribution in [0.4, 0.5) is 0 Å². The second-order valence-electron chi connectivity index (χ2n) is 3.14. The van der Waals surface area contributed by atoms with Crippen LogP contribution in [0.1, 0.15) is 13.0 Å². The Balaban J connectivity index is 2.11. The van der Waals surface area contributed by atoms with Gasteiger partial charge in [0.1, 0.15) is 6.04 Å². The van der Waals surface area contributed by atoms with Crippen molar-refractivity contribution in [2.45, 2.75) is 13.0 Å². The zero-order valence-electron chi connectivity index (χ0n) is 7.27. The van der Waals surface area contributed by atoms with Gasteiger partial charge in [0.25, 0.3) is 0 Å². The molecule has 0 N–H and O–H groups in total. The highest BCUT2D eigenvalue weighted by Crippen LogP contribution is 2.16. The van der Waals surface area contributed by atoms with Crippen LogP contribution in [0.5, 0.6) is 0 Å². The van der Waals surface area contributed by atoms with Gasteiger partial charge in [-0.1, -0.05) is 11.6 Å². The van der Waals surface area contributed by atoms with Gasteiger partial charge >= 0.3 is 0 Å². The van der Waals surface area contributed by atoms with E-state index in [0.717, 1.165) is 13.1 Å². The van der Waals surface area contributed by atoms with Crippen molar-refractivity contribution in [1.29, 1.82) is 0 Å². The molecular weight excluding hydrogens is 190 g/mol. The Morgan fingerprint density at radius 3 is 2.85 bits per heavy atom. The Kier molecular flexibility index (Phi) is 2.00. The molecule has 0 aliphatic carbocycles. The zero-order valence-corrected chi connectivity index (χ0v) is 8.03. The number of halogens is 1. The number of amides is 1. The van der Waals surface area contributed by atoms with E-state index in [9.17, 15) is 4.79 Å². The lowest BCUT2D eigenvalue weighted by molar-refractivity contribution is -0.128. The van der Waals surface area contributed by atoms with E-state index in [-0.39, 0.29) is 11.9 Å². The van der Waals surface area contributed by atoms with E-state index in [2.05, 4.69) is 5.10 Å². The van der Waals surface area contributed by atoms with Gasteiger partial charge in [-0.2, -0.15) is 5.10 Å². The first-order chi connectivity index (χ1) is 6.18. The third-order valence-electron chi connectivity index (χ3n) is 2.08. The minimum Gasteiger partial charge on any atom is -0.337 e. The van der Waals surface area contributed by atoms with E-state index in [0.29, 0.717) is 5.02 Å². The van der Waals surface area contributed by atoms with Gasteiger partial charge < -0.3 is 4.90 Å². The highest BCUT2D eigenvalue weighted by atomic mass is 35.5. The number of hydrogen-bond donors (Lipinski definition) is 0. The van der Waals surface area contributed by atoms with Gasteiger partial charge in [-0.3, -0.25) is 9.48 Å². The maximum atomic E-state index is 11.5. The van der Waals surface area contributed by atoms with Crippen LogP contribution in [0, 0.1) is 0 Å². The number of aromatic nitrogens is 2. The molecular formula is C8H10ClN3O. The summed E-state index contributed by atoms with van der Waals surface area (Å²) in [5.41, 5.74) is 0. The lowest BCUT2D eigenvalue weighted by Gasteiger charge is -2.10. The molecule has 70 valence electrons. The second kappa shape index (κ2) is 3.03. The average molecular weight is 200 g/mol. The molecule has 2 rings (SSSR count). The van der Waals surface area contributed by atoms with Crippen LogP contribution >= 0.6 is 11.6 Å². The van der Waals surface area contributed by atoms with Gasteiger partial charge in [0.05, 0.1) is 11.2 Å². The van der Waals surface area contributed by atoms with Crippen LogP contribution in [0.15, 0.2) is 12.4 Å². The summed E-state index contributed by atoms with van der Waals surface area (Å²) >= 11 is 5.70. The van der Waals surface area contributed by atoms with Crippen molar-refractivity contribution in [2.24, 2.45) is 0 Å². The van der Waals surface area contributed by atoms with Crippen LogP contribution in [-0.2, 0) is 4.79 Å². The van der Waals surface area contributed by atoms with Crippen molar-refractivity contribution >= 4 is 17.5 Å². The average Bonchev–Trinajstić information content (AvgIpc) is 2.87. The summed E-state index contributed by atoms with van der Waals surface area (Å²) < 4.78 is 1.59. The largest absolute Gasteiger partial charge is 0.337 e. The van der Waals surface area contributed by atoms with Crippen LogP contribution < -0.4 is 0 Å². The number of carbonyl (C=O) groups excluding carboxylic acids is 1. The van der Waals surface area contributed by atoms with Crippen molar-refractivity contribution < 1.29 is 4.79 Å². The van der Waals surface area contributed by atoms with Crippen molar-refractivity contribution in [3.8, 4) is 0 Å². The molecule has 0 saturated carbocycles. The molecule has 0 radical (unpaired) electrons. The molecule has 1 unspecified atom stereocenters. The summed E-state index contributed by atoms with van der Waals surface area (Å²) in [5.74, 6) is 0.111. The fourth-order valence-corrected chi connectivity index (χ4v) is 1.32. The molecule has 0 spiro atoms. The summed E-state index contributed by atoms with van der Waals surface area (Å²) in [6.45, 7) is 3.57. The predicted molar refractivity (Wildman–Crippen MR) is 48.5 cm³/mol. The standard InChI is InChI=1S/C8H10ClN3O/c1-6(8(13)11-2-3-11)12-5-7(9)4-10-12/h4-6H,2-3H2,1H3. The summed E-state index contributed by atoms with van der Waals surface area (Å²) in [7, 11) is 0. The molecule has 1 saturated heterocycles. The molecule has 0 bridgehead atoms. The molecule has 2 heterocycles. The predicted octanol–water partition coefficient (Wildman–Crippen LogP) is 0.940. The molecule has 0 aromatic carbocycles. The van der Waals surface area contributed by atoms with Gasteiger partial charge in [0, 0.05) is 19.3 Å². The van der Waals surface area contributed by atoms with E-state index in [4.69, 9.17) is 11.6 Å². The number of hydrogen-bond acceptors (Lipinski definition) is 2. The highest BCUT2D eigenvalue weighted by molar-refractivity contribution is 6.30. The van der Waals surface area contributed by atoms with E-state index < -0.39 is 0 Å². The summed E-state index contributed by atoms with van der Waals surface area (Å²) in [6, 6.07) is -0.241. The molecule has 1 fully saturated rings. The van der Waals surface area contributed by atoms with Crippen LogP contribution in [-0.4, -0.2) is 33.7 Å². The first-order valence-electron chi connectivity index (χ1n) is 4.17. The van der Waals surface area contributed by atoms with E-state index in [1.807, 2.05) is 6.92 Å². The number of nitrogens with zero attached hydrogens (tertiary/aromatic N) is 3. The van der Waals surface area contributed by atoms with Gasteiger partial charge in [0.15, 0.2) is 0 Å². The lowest BCUT2D eigenvalue weighted by Crippen LogP contribution is -2.23. The molecule has 5 heteroatoms. The molecule has 1 aliphatic heterocycles. The maximum Gasteiger partial charge on any atom is 0.247 e. The fraction of sp³-hybridized carbons (Fsp3) is 0.500. The SMILES string of the molecule is CC(C(=O)N1CC1)n1cc(Cl)cn1. The minimum absolute atomic E-state index is 0.111. The number of carbonyl (C=O) groups is 1. The first-order valence-corrected chi connectivity index (χ1v) is 4.55. The first kappa shape index (κ1) is 8.56. The minimum atomic E-state index is -0.241. The van der Waals surface area contributed by atoms with E-state index >= 15 is 0 Å². The van der Waals surface area contributed by atoms with Crippen molar-refractivity contribution in [3.63, 3.8) is 0 Å². The Hall–Kier alpha value is -1.03. The van der Waals surface area contributed by atoms with Crippen molar-refractivity contribution in [1.82, 2.24) is 14.7 Å². The fourth-order valence-electron chi connectivity index (χ4n) is 1.17. The third-order valence-corrected chi connectivity index (χ3v) is 2.28. The summed E-state index contributed by atoms with van der Waals surface area (Å²) in [5, 5.41) is 4.54. The van der Waals surface area contributed by atoms with Crippen LogP contribution in [0.3, 0.4) is 0 Å². The Labute approximate surface area is 81.1 Å². The zero-order chi connectivity index (χ0) is 9.42. The Bertz CT molecular complexity index is 332. The summed E-state index contributed by atoms with van der Waals surface area (Å²) in [6.07, 6.45) is 3.20. The highest BCUT2D eigenvalue weighted by Gasteiger charge is 2.29. The van der Waals surface area contributed by atoms with Gasteiger partial charge in [-0.05, 0) is 6.92 Å². The topological polar surface area (TPSA) is 37.9 Å². The number of rotatable bonds is 2. The second-order valence-corrected chi connectivity index (χ2v) is 3.58. The van der Waals surface area contributed by atoms with Gasteiger partial charge in [-0.25, -0.2) is 0 Å². The Morgan fingerprint density at radius 2 is 2.38 bits per heavy atom. The summed E-state index contributed by atoms with van der Waals surface area (Å²) in [4.78, 5) is 13.3. The molecule has 1 amide bonds. The molecule has 1 aliphatic rings. The smallest absolute Gasteiger partial charge is 0.247 e. The van der Waals surface area contributed by atoms with Crippen LogP contribution in [0.25, 0.3) is 0 Å². The maximum absolute atomic E-state index is 11.5. The molecule has 1 aromatic rings. The Morgan fingerprint density at radius 1 is 1.69 bits per heavy atom. The third kappa shape index (κ3) is 1.67. The normalized spacial score (nSPS) is 17.2. The molecule has 1 atom stereocenters. The van der Waals surface area contributed by atoms with E-state index in [1.165, 1.54) is 6.20 Å². The quantitative estimate of drug-likeness (QED) is 0.665. The van der Waals surface area contributed by atoms with Gasteiger partial charge in [0.2, 0.25) is 5.91 Å². The van der Waals surface area contributed by atoms with Crippen molar-refractivity contribution in [3.05, 3.63) is 17.4 Å². The molecule has 13 heavy (non-hydrogen) atoms. The molecule has 4 nitrogen and oxygen atoms in total.